The molecule has 2 rings (SSSR count). The van der Waals surface area contributed by atoms with Crippen molar-refractivity contribution < 1.29 is 28.2 Å². The fourth-order valence-electron chi connectivity index (χ4n) is 2.56. The molecule has 32 heavy (non-hydrogen) atoms. The number of thioether (sulfide) groups is 2. The first-order valence-corrected chi connectivity index (χ1v) is 12.3. The fraction of sp³-hybridized carbons (Fsp3) is 0.417. The molecule has 1 N–H and O–H groups in total. The van der Waals surface area contributed by atoms with E-state index >= 15 is 0 Å². The number of methoxy groups -OCH3 is 1. The number of aliphatic carboxylic acids is 1. The fourth-order valence-corrected chi connectivity index (χ4v) is 4.42. The second-order valence-corrected chi connectivity index (χ2v) is 9.34. The van der Waals surface area contributed by atoms with Crippen LogP contribution in [0, 0.1) is 11.6 Å². The van der Waals surface area contributed by atoms with E-state index in [4.69, 9.17) is 9.84 Å². The van der Waals surface area contributed by atoms with Crippen molar-refractivity contribution in [3.05, 3.63) is 60.2 Å². The third kappa shape index (κ3) is 14.2. The molecule has 0 aliphatic carbocycles. The van der Waals surface area contributed by atoms with Crippen molar-refractivity contribution in [3.63, 3.8) is 0 Å². The number of Topliss-reactive ketones (excluding diaryl/α,β-unsaturated/α-hetero) is 1. The van der Waals surface area contributed by atoms with Gasteiger partial charge in [0.15, 0.2) is 0 Å². The van der Waals surface area contributed by atoms with E-state index < -0.39 is 5.97 Å². The minimum Gasteiger partial charge on any atom is -0.481 e. The summed E-state index contributed by atoms with van der Waals surface area (Å²) in [6.45, 7) is 1.57. The zero-order chi connectivity index (χ0) is 23.8. The summed E-state index contributed by atoms with van der Waals surface area (Å²) >= 11 is 3.26. The lowest BCUT2D eigenvalue weighted by atomic mass is 10.1. The quantitative estimate of drug-likeness (QED) is 0.259. The normalized spacial score (nSPS) is 11.4. The Bertz CT molecular complexity index is 799. The first-order valence-electron chi connectivity index (χ1n) is 10.3. The molecule has 0 saturated heterocycles. The van der Waals surface area contributed by atoms with Gasteiger partial charge in [-0.05, 0) is 80.5 Å². The van der Waals surface area contributed by atoms with Gasteiger partial charge in [0, 0.05) is 35.5 Å². The molecule has 176 valence electrons. The minimum atomic E-state index is -0.748. The number of ketones is 1. The predicted molar refractivity (Wildman–Crippen MR) is 126 cm³/mol. The molecule has 0 aliphatic rings. The molecule has 0 fully saturated rings. The van der Waals surface area contributed by atoms with E-state index in [0.717, 1.165) is 34.1 Å². The number of carboxylic acid groups (broad SMARTS) is 1. The van der Waals surface area contributed by atoms with Gasteiger partial charge in [0.2, 0.25) is 0 Å². The van der Waals surface area contributed by atoms with Gasteiger partial charge in [0.1, 0.15) is 17.4 Å². The average Bonchev–Trinajstić information content (AvgIpc) is 2.75. The van der Waals surface area contributed by atoms with Crippen LogP contribution in [0.15, 0.2) is 58.3 Å². The van der Waals surface area contributed by atoms with Crippen molar-refractivity contribution in [1.29, 1.82) is 0 Å². The van der Waals surface area contributed by atoms with E-state index in [2.05, 4.69) is 0 Å². The number of hydrogen-bond donors (Lipinski definition) is 1. The number of carboxylic acids is 1. The van der Waals surface area contributed by atoms with Crippen LogP contribution in [0.2, 0.25) is 0 Å². The van der Waals surface area contributed by atoms with Gasteiger partial charge in [0.05, 0.1) is 6.10 Å². The zero-order valence-electron chi connectivity index (χ0n) is 18.4. The second kappa shape index (κ2) is 16.7. The second-order valence-electron chi connectivity index (χ2n) is 7.01. The summed E-state index contributed by atoms with van der Waals surface area (Å²) in [5, 5.41) is 8.41. The lowest BCUT2D eigenvalue weighted by Gasteiger charge is -2.12. The topological polar surface area (TPSA) is 63.6 Å². The van der Waals surface area contributed by atoms with Crippen LogP contribution < -0.4 is 0 Å². The molecule has 8 heteroatoms. The summed E-state index contributed by atoms with van der Waals surface area (Å²) in [5.74, 6) is 0.674. The Hall–Kier alpha value is -1.90. The maximum Gasteiger partial charge on any atom is 0.303 e. The van der Waals surface area contributed by atoms with Crippen molar-refractivity contribution in [1.82, 2.24) is 0 Å². The molecule has 2 aromatic rings. The number of halogens is 2. The number of unbranched alkanes of at least 4 members (excludes halogenated alkanes) is 1. The van der Waals surface area contributed by atoms with Crippen LogP contribution in [0.4, 0.5) is 8.78 Å². The van der Waals surface area contributed by atoms with Crippen molar-refractivity contribution in [3.8, 4) is 0 Å². The SMILES string of the molecule is COC(CCSc1ccc(F)cc1)CC(C)=O.O=C(O)CCCCSc1ccc(F)cc1. The van der Waals surface area contributed by atoms with E-state index in [0.29, 0.717) is 12.8 Å². The summed E-state index contributed by atoms with van der Waals surface area (Å²) < 4.78 is 30.4. The highest BCUT2D eigenvalue weighted by Crippen LogP contribution is 2.21. The predicted octanol–water partition coefficient (Wildman–Crippen LogP) is 6.47. The van der Waals surface area contributed by atoms with Gasteiger partial charge in [-0.2, -0.15) is 0 Å². The van der Waals surface area contributed by atoms with Crippen LogP contribution in [-0.2, 0) is 14.3 Å². The van der Waals surface area contributed by atoms with E-state index in [1.807, 2.05) is 0 Å². The van der Waals surface area contributed by atoms with Gasteiger partial charge in [-0.3, -0.25) is 9.59 Å². The lowest BCUT2D eigenvalue weighted by Crippen LogP contribution is -2.15. The Morgan fingerprint density at radius 2 is 1.41 bits per heavy atom. The van der Waals surface area contributed by atoms with Gasteiger partial charge in [-0.15, -0.1) is 23.5 Å². The monoisotopic (exact) mass is 484 g/mol. The molecule has 0 bridgehead atoms. The average molecular weight is 485 g/mol. The molecular weight excluding hydrogens is 454 g/mol. The number of hydrogen-bond acceptors (Lipinski definition) is 5. The smallest absolute Gasteiger partial charge is 0.303 e. The third-order valence-electron chi connectivity index (χ3n) is 4.24. The van der Waals surface area contributed by atoms with Gasteiger partial charge in [-0.25, -0.2) is 8.78 Å². The van der Waals surface area contributed by atoms with Gasteiger partial charge >= 0.3 is 5.97 Å². The van der Waals surface area contributed by atoms with E-state index in [9.17, 15) is 18.4 Å². The van der Waals surface area contributed by atoms with Gasteiger partial charge in [-0.1, -0.05) is 0 Å². The third-order valence-corrected chi connectivity index (χ3v) is 6.38. The van der Waals surface area contributed by atoms with E-state index in [1.54, 1.807) is 61.8 Å². The summed E-state index contributed by atoms with van der Waals surface area (Å²) in [4.78, 5) is 23.2. The maximum atomic E-state index is 12.7. The molecular formula is C24H30F2O4S2. The zero-order valence-corrected chi connectivity index (χ0v) is 20.0. The molecule has 4 nitrogen and oxygen atoms in total. The number of rotatable bonds is 13. The summed E-state index contributed by atoms with van der Waals surface area (Å²) in [6, 6.07) is 12.7. The molecule has 1 unspecified atom stereocenters. The minimum absolute atomic E-state index is 0.0135. The van der Waals surface area contributed by atoms with Crippen LogP contribution in [-0.4, -0.2) is 41.6 Å². The van der Waals surface area contributed by atoms with E-state index in [-0.39, 0.29) is 29.9 Å². The van der Waals surface area contributed by atoms with Gasteiger partial charge in [0.25, 0.3) is 0 Å². The molecule has 0 amide bonds. The van der Waals surface area contributed by atoms with E-state index in [1.165, 1.54) is 24.3 Å². The summed E-state index contributed by atoms with van der Waals surface area (Å²) in [5.41, 5.74) is 0. The van der Waals surface area contributed by atoms with Crippen molar-refractivity contribution in [2.75, 3.05) is 18.6 Å². The highest BCUT2D eigenvalue weighted by molar-refractivity contribution is 7.99. The Morgan fingerprint density at radius 1 is 0.906 bits per heavy atom. The number of carbonyl (C=O) groups excluding carboxylic acids is 1. The summed E-state index contributed by atoms with van der Waals surface area (Å²) in [6.07, 6.45) is 3.06. The Labute approximate surface area is 197 Å². The Kier molecular flexibility index (Phi) is 14.7. The first-order chi connectivity index (χ1) is 15.3. The van der Waals surface area contributed by atoms with Crippen molar-refractivity contribution in [2.24, 2.45) is 0 Å². The van der Waals surface area contributed by atoms with Crippen molar-refractivity contribution >= 4 is 35.3 Å². The van der Waals surface area contributed by atoms with Crippen LogP contribution in [0.5, 0.6) is 0 Å². The molecule has 0 spiro atoms. The number of ether oxygens (including phenoxy) is 1. The largest absolute Gasteiger partial charge is 0.481 e. The first kappa shape index (κ1) is 28.1. The Morgan fingerprint density at radius 3 is 1.84 bits per heavy atom. The van der Waals surface area contributed by atoms with Crippen LogP contribution in [0.1, 0.15) is 39.0 Å². The van der Waals surface area contributed by atoms with Crippen molar-refractivity contribution in [2.45, 2.75) is 54.9 Å². The molecule has 0 heterocycles. The lowest BCUT2D eigenvalue weighted by molar-refractivity contribution is -0.137. The standard InChI is InChI=1S/C13H17FO2S.C11H13FO2S/c1-10(15)9-12(16-2)7-8-17-13-5-3-11(14)4-6-13;12-9-4-6-10(7-5-9)15-8-2-1-3-11(13)14/h3-6,12H,7-9H2,1-2H3;4-7H,1-3,8H2,(H,13,14). The summed E-state index contributed by atoms with van der Waals surface area (Å²) in [7, 11) is 1.62. The molecule has 2 aromatic carbocycles. The van der Waals surface area contributed by atoms with Crippen LogP contribution >= 0.6 is 23.5 Å². The number of benzene rings is 2. The highest BCUT2D eigenvalue weighted by atomic mass is 32.2. The number of carbonyl (C=O) groups is 2. The molecule has 1 atom stereocenters. The van der Waals surface area contributed by atoms with Crippen LogP contribution in [0.25, 0.3) is 0 Å². The van der Waals surface area contributed by atoms with Gasteiger partial charge < -0.3 is 9.84 Å². The maximum absolute atomic E-state index is 12.7. The molecule has 0 aliphatic heterocycles. The Balaban J connectivity index is 0.000000323. The molecule has 0 saturated carbocycles. The molecule has 0 aromatic heterocycles. The molecule has 0 radical (unpaired) electrons. The van der Waals surface area contributed by atoms with Crippen LogP contribution in [0.3, 0.4) is 0 Å². The highest BCUT2D eigenvalue weighted by Gasteiger charge is 2.10.